The van der Waals surface area contributed by atoms with Crippen molar-refractivity contribution in [2.45, 2.75) is 56.4 Å². The van der Waals surface area contributed by atoms with Crippen molar-refractivity contribution < 1.29 is 10.2 Å². The number of fused-ring (bicyclic) bond motifs is 4. The highest BCUT2D eigenvalue weighted by molar-refractivity contribution is 5.66. The summed E-state index contributed by atoms with van der Waals surface area (Å²) in [6, 6.07) is 10.4. The summed E-state index contributed by atoms with van der Waals surface area (Å²) in [5, 5.41) is 32.4. The summed E-state index contributed by atoms with van der Waals surface area (Å²) in [6.45, 7) is 7.97. The molecule has 37 heavy (non-hydrogen) atoms. The van der Waals surface area contributed by atoms with Gasteiger partial charge < -0.3 is 20.8 Å². The first-order chi connectivity index (χ1) is 17.9. The number of benzene rings is 1. The van der Waals surface area contributed by atoms with Crippen molar-refractivity contribution in [1.29, 1.82) is 0 Å². The third-order valence-electron chi connectivity index (χ3n) is 8.27. The molecule has 1 unspecified atom stereocenters. The zero-order chi connectivity index (χ0) is 25.4. The van der Waals surface area contributed by atoms with Gasteiger partial charge in [-0.3, -0.25) is 0 Å². The van der Waals surface area contributed by atoms with Crippen molar-refractivity contribution in [3.05, 3.63) is 77.1 Å². The number of hydrogen-bond donors (Lipinski definition) is 4. The third-order valence-corrected chi connectivity index (χ3v) is 8.27. The Hall–Kier alpha value is -3.37. The molecule has 4 heterocycles. The van der Waals surface area contributed by atoms with Crippen LogP contribution >= 0.6 is 0 Å². The first kappa shape index (κ1) is 22.8. The Morgan fingerprint density at radius 2 is 2.05 bits per heavy atom. The van der Waals surface area contributed by atoms with Crippen LogP contribution < -0.4 is 15.6 Å². The van der Waals surface area contributed by atoms with Crippen LogP contribution in [-0.4, -0.2) is 43.3 Å². The van der Waals surface area contributed by atoms with Crippen LogP contribution in [0.15, 0.2) is 49.2 Å². The Labute approximate surface area is 215 Å². The van der Waals surface area contributed by atoms with Gasteiger partial charge in [0.2, 0.25) is 5.95 Å². The zero-order valence-corrected chi connectivity index (χ0v) is 20.9. The first-order valence-corrected chi connectivity index (χ1v) is 13.0. The summed E-state index contributed by atoms with van der Waals surface area (Å²) in [7, 11) is 0. The number of nitrogens with zero attached hydrogens (tertiary/aromatic N) is 5. The zero-order valence-electron chi connectivity index (χ0n) is 20.9. The number of nitrogens with one attached hydrogen (secondary N) is 2. The molecule has 1 saturated carbocycles. The van der Waals surface area contributed by atoms with Gasteiger partial charge in [-0.25, -0.2) is 15.0 Å². The van der Waals surface area contributed by atoms with Crippen LogP contribution in [0.1, 0.15) is 60.4 Å². The lowest BCUT2D eigenvalue weighted by atomic mass is 9.88. The molecule has 190 valence electrons. The molecule has 1 fully saturated rings. The summed E-state index contributed by atoms with van der Waals surface area (Å²) in [5.41, 5.74) is 5.37. The van der Waals surface area contributed by atoms with E-state index in [2.05, 4.69) is 40.4 Å². The fourth-order valence-corrected chi connectivity index (χ4v) is 6.09. The molecular formula is C28H31N7O2. The molecule has 0 bridgehead atoms. The molecule has 0 saturated heterocycles. The van der Waals surface area contributed by atoms with Crippen LogP contribution in [0.5, 0.6) is 0 Å². The van der Waals surface area contributed by atoms with E-state index in [1.165, 1.54) is 24.0 Å². The van der Waals surface area contributed by atoms with Crippen molar-refractivity contribution in [3.8, 4) is 0 Å². The Morgan fingerprint density at radius 1 is 1.19 bits per heavy atom. The predicted molar refractivity (Wildman–Crippen MR) is 141 cm³/mol. The summed E-state index contributed by atoms with van der Waals surface area (Å²) >= 11 is 0. The average Bonchev–Trinajstić information content (AvgIpc) is 3.52. The van der Waals surface area contributed by atoms with Gasteiger partial charge in [0.1, 0.15) is 11.4 Å². The summed E-state index contributed by atoms with van der Waals surface area (Å²) < 4.78 is 0. The van der Waals surface area contributed by atoms with Gasteiger partial charge in [-0.2, -0.15) is 9.99 Å². The number of aryl methyl sites for hydroxylation is 1. The first-order valence-electron chi connectivity index (χ1n) is 13.0. The lowest BCUT2D eigenvalue weighted by Crippen LogP contribution is -2.37. The fourth-order valence-electron chi connectivity index (χ4n) is 6.09. The molecule has 2 aliphatic carbocycles. The molecule has 1 aromatic carbocycles. The molecule has 0 amide bonds. The minimum atomic E-state index is -0.978. The van der Waals surface area contributed by atoms with Gasteiger partial charge in [0.15, 0.2) is 12.0 Å². The molecule has 2 atom stereocenters. The second kappa shape index (κ2) is 8.06. The SMILES string of the molecule is C=CCN1C(O)c2cnc(Nc3ccc4c(c3)CNCC43CC3)nc2N1c1ccc2c(n1)[C@@](C)(O)CC2. The van der Waals surface area contributed by atoms with Gasteiger partial charge in [-0.05, 0) is 67.5 Å². The van der Waals surface area contributed by atoms with Gasteiger partial charge in [0, 0.05) is 36.9 Å². The quantitative estimate of drug-likeness (QED) is 0.394. The highest BCUT2D eigenvalue weighted by Crippen LogP contribution is 2.51. The normalized spacial score (nSPS) is 25.1. The molecule has 1 spiro atoms. The van der Waals surface area contributed by atoms with Crippen molar-refractivity contribution in [2.75, 3.05) is 23.4 Å². The highest BCUT2D eigenvalue weighted by atomic mass is 16.3. The van der Waals surface area contributed by atoms with Gasteiger partial charge in [-0.1, -0.05) is 18.2 Å². The topological polar surface area (TPSA) is 110 Å². The number of hydrazine groups is 1. The number of rotatable bonds is 5. The second-order valence-electron chi connectivity index (χ2n) is 10.9. The van der Waals surface area contributed by atoms with Gasteiger partial charge in [0.25, 0.3) is 0 Å². The second-order valence-corrected chi connectivity index (χ2v) is 10.9. The van der Waals surface area contributed by atoms with E-state index in [-0.39, 0.29) is 0 Å². The van der Waals surface area contributed by atoms with Crippen LogP contribution in [-0.2, 0) is 24.0 Å². The third kappa shape index (κ3) is 3.57. The van der Waals surface area contributed by atoms with E-state index in [0.717, 1.165) is 30.8 Å². The van der Waals surface area contributed by atoms with Crippen molar-refractivity contribution in [3.63, 3.8) is 0 Å². The van der Waals surface area contributed by atoms with Crippen molar-refractivity contribution in [2.24, 2.45) is 0 Å². The van der Waals surface area contributed by atoms with E-state index in [9.17, 15) is 10.2 Å². The molecule has 4 N–H and O–H groups in total. The molecule has 9 nitrogen and oxygen atoms in total. The number of aliphatic hydroxyl groups is 2. The van der Waals surface area contributed by atoms with Gasteiger partial charge in [-0.15, -0.1) is 6.58 Å². The maximum atomic E-state index is 11.1. The molecule has 2 aromatic heterocycles. The van der Waals surface area contributed by atoms with Crippen LogP contribution in [0.3, 0.4) is 0 Å². The van der Waals surface area contributed by atoms with E-state index in [4.69, 9.17) is 9.97 Å². The van der Waals surface area contributed by atoms with Crippen LogP contribution in [0.4, 0.5) is 23.3 Å². The molecular weight excluding hydrogens is 466 g/mol. The number of aromatic nitrogens is 3. The molecule has 3 aromatic rings. The average molecular weight is 498 g/mol. The van der Waals surface area contributed by atoms with Gasteiger partial charge in [0.05, 0.1) is 11.3 Å². The van der Waals surface area contributed by atoms with E-state index in [1.807, 2.05) is 12.1 Å². The van der Waals surface area contributed by atoms with E-state index in [1.54, 1.807) is 29.2 Å². The molecule has 4 aliphatic rings. The maximum absolute atomic E-state index is 11.1. The maximum Gasteiger partial charge on any atom is 0.229 e. The molecule has 2 aliphatic heterocycles. The lowest BCUT2D eigenvalue weighted by molar-refractivity contribution is 0.0243. The number of aliphatic hydroxyl groups excluding tert-OH is 1. The summed E-state index contributed by atoms with van der Waals surface area (Å²) in [4.78, 5) is 14.2. The van der Waals surface area contributed by atoms with Crippen LogP contribution in [0, 0.1) is 0 Å². The molecule has 7 rings (SSSR count). The Kier molecular flexibility index (Phi) is 4.97. The number of hydrogen-bond acceptors (Lipinski definition) is 9. The molecule has 0 radical (unpaired) electrons. The minimum absolute atomic E-state index is 0.328. The van der Waals surface area contributed by atoms with E-state index in [0.29, 0.717) is 47.2 Å². The number of anilines is 4. The Morgan fingerprint density at radius 3 is 2.86 bits per heavy atom. The van der Waals surface area contributed by atoms with E-state index >= 15 is 0 Å². The van der Waals surface area contributed by atoms with Gasteiger partial charge >= 0.3 is 0 Å². The Bertz CT molecular complexity index is 1420. The van der Waals surface area contributed by atoms with E-state index < -0.39 is 11.8 Å². The van der Waals surface area contributed by atoms with Crippen LogP contribution in [0.25, 0.3) is 0 Å². The fraction of sp³-hybridized carbons (Fsp3) is 0.393. The monoisotopic (exact) mass is 497 g/mol. The largest absolute Gasteiger partial charge is 0.384 e. The van der Waals surface area contributed by atoms with Crippen LogP contribution in [0.2, 0.25) is 0 Å². The lowest BCUT2D eigenvalue weighted by Gasteiger charge is -2.30. The smallest absolute Gasteiger partial charge is 0.229 e. The highest BCUT2D eigenvalue weighted by Gasteiger charge is 2.46. The Balaban J connectivity index is 1.25. The summed E-state index contributed by atoms with van der Waals surface area (Å²) in [5.74, 6) is 1.57. The van der Waals surface area contributed by atoms with Crippen molar-refractivity contribution >= 4 is 23.3 Å². The van der Waals surface area contributed by atoms with Crippen molar-refractivity contribution in [1.82, 2.24) is 25.3 Å². The standard InChI is InChI=1S/C28H31N7O2/c1-3-12-34-25(36)20-15-30-26(31-19-5-6-21-18(13-19)14-29-16-28(21)10-11-28)33-24(20)35(34)22-7-4-17-8-9-27(2,37)23(17)32-22/h3-7,13,15,25,29,36-37H,1,8-12,14,16H2,2H3,(H,30,31,33)/t25?,27-/m0/s1. The predicted octanol–water partition coefficient (Wildman–Crippen LogP) is 3.45. The molecule has 9 heteroatoms. The summed E-state index contributed by atoms with van der Waals surface area (Å²) in [6.07, 6.45) is 6.38. The number of pyridine rings is 1. The minimum Gasteiger partial charge on any atom is -0.384 e.